The van der Waals surface area contributed by atoms with E-state index in [1.165, 1.54) is 17.2 Å². The molecule has 0 spiro atoms. The van der Waals surface area contributed by atoms with Crippen molar-refractivity contribution in [2.24, 2.45) is 0 Å². The second kappa shape index (κ2) is 6.60. The standard InChI is InChI=1S/C21H23FN2O/c22-19-9-4-3-8-18(19)21(10-11-21)20(25)23-12-5-13-24-14-16-6-1-2-7-17(16)15-24/h1-4,6-9H,5,10-15H2,(H,23,25). The van der Waals surface area contributed by atoms with E-state index in [4.69, 9.17) is 0 Å². The zero-order valence-corrected chi connectivity index (χ0v) is 14.3. The van der Waals surface area contributed by atoms with Crippen LogP contribution >= 0.6 is 0 Å². The van der Waals surface area contributed by atoms with Crippen LogP contribution in [0.25, 0.3) is 0 Å². The molecule has 4 rings (SSSR count). The largest absolute Gasteiger partial charge is 0.355 e. The predicted octanol–water partition coefficient (Wildman–Crippen LogP) is 3.38. The van der Waals surface area contributed by atoms with Crippen LogP contribution < -0.4 is 5.32 Å². The minimum Gasteiger partial charge on any atom is -0.355 e. The SMILES string of the molecule is O=C(NCCCN1Cc2ccccc2C1)C1(c2ccccc2F)CC1. The Balaban J connectivity index is 1.26. The molecule has 1 aliphatic carbocycles. The van der Waals surface area contributed by atoms with Crippen LogP contribution in [0.3, 0.4) is 0 Å². The maximum atomic E-state index is 14.0. The lowest BCUT2D eigenvalue weighted by Crippen LogP contribution is -2.36. The maximum Gasteiger partial charge on any atom is 0.230 e. The lowest BCUT2D eigenvalue weighted by atomic mass is 9.94. The molecular formula is C21H23FN2O. The van der Waals surface area contributed by atoms with Crippen molar-refractivity contribution in [2.75, 3.05) is 13.1 Å². The van der Waals surface area contributed by atoms with E-state index in [9.17, 15) is 9.18 Å². The van der Waals surface area contributed by atoms with Crippen molar-refractivity contribution in [1.82, 2.24) is 10.2 Å². The molecule has 0 saturated heterocycles. The molecule has 0 unspecified atom stereocenters. The minimum absolute atomic E-state index is 0.0256. The summed E-state index contributed by atoms with van der Waals surface area (Å²) in [6.07, 6.45) is 2.38. The molecule has 2 aromatic rings. The Morgan fingerprint density at radius 2 is 1.68 bits per heavy atom. The topological polar surface area (TPSA) is 32.3 Å². The molecule has 0 bridgehead atoms. The summed E-state index contributed by atoms with van der Waals surface area (Å²) in [4.78, 5) is 15.0. The number of benzene rings is 2. The zero-order chi connectivity index (χ0) is 17.3. The molecule has 1 heterocycles. The van der Waals surface area contributed by atoms with Gasteiger partial charge in [-0.15, -0.1) is 0 Å². The van der Waals surface area contributed by atoms with Crippen LogP contribution in [0.5, 0.6) is 0 Å². The maximum absolute atomic E-state index is 14.0. The van der Waals surface area contributed by atoms with Crippen molar-refractivity contribution >= 4 is 5.91 Å². The summed E-state index contributed by atoms with van der Waals surface area (Å²) >= 11 is 0. The van der Waals surface area contributed by atoms with Gasteiger partial charge in [0.2, 0.25) is 5.91 Å². The highest BCUT2D eigenvalue weighted by molar-refractivity contribution is 5.91. The van der Waals surface area contributed by atoms with Gasteiger partial charge in [0.1, 0.15) is 5.82 Å². The van der Waals surface area contributed by atoms with Gasteiger partial charge in [0.15, 0.2) is 0 Å². The Hall–Kier alpha value is -2.20. The first-order valence-corrected chi connectivity index (χ1v) is 9.01. The Labute approximate surface area is 147 Å². The number of carbonyl (C=O) groups excluding carboxylic acids is 1. The molecule has 1 aliphatic heterocycles. The van der Waals surface area contributed by atoms with Gasteiger partial charge in [0.25, 0.3) is 0 Å². The molecule has 1 fully saturated rings. The first kappa shape index (κ1) is 16.3. The van der Waals surface area contributed by atoms with Crippen LogP contribution in [0, 0.1) is 5.82 Å². The summed E-state index contributed by atoms with van der Waals surface area (Å²) in [5.74, 6) is -0.299. The van der Waals surface area contributed by atoms with Gasteiger partial charge in [0.05, 0.1) is 5.41 Å². The molecule has 3 nitrogen and oxygen atoms in total. The quantitative estimate of drug-likeness (QED) is 0.819. The van der Waals surface area contributed by atoms with Crippen molar-refractivity contribution < 1.29 is 9.18 Å². The van der Waals surface area contributed by atoms with Crippen molar-refractivity contribution in [3.8, 4) is 0 Å². The van der Waals surface area contributed by atoms with Gasteiger partial charge in [-0.25, -0.2) is 4.39 Å². The lowest BCUT2D eigenvalue weighted by molar-refractivity contribution is -0.123. The lowest BCUT2D eigenvalue weighted by Gasteiger charge is -2.18. The van der Waals surface area contributed by atoms with Crippen molar-refractivity contribution in [3.63, 3.8) is 0 Å². The second-order valence-corrected chi connectivity index (χ2v) is 7.15. The molecular weight excluding hydrogens is 315 g/mol. The van der Waals surface area contributed by atoms with Crippen molar-refractivity contribution in [3.05, 3.63) is 71.0 Å². The molecule has 130 valence electrons. The number of nitrogens with one attached hydrogen (secondary N) is 1. The average Bonchev–Trinajstić information content (AvgIpc) is 3.32. The van der Waals surface area contributed by atoms with E-state index >= 15 is 0 Å². The second-order valence-electron chi connectivity index (χ2n) is 7.15. The van der Waals surface area contributed by atoms with Crippen molar-refractivity contribution in [2.45, 2.75) is 37.8 Å². The summed E-state index contributed by atoms with van der Waals surface area (Å²) in [6, 6.07) is 15.2. The number of carbonyl (C=O) groups is 1. The fraction of sp³-hybridized carbons (Fsp3) is 0.381. The fourth-order valence-corrected chi connectivity index (χ4v) is 3.83. The number of amides is 1. The first-order chi connectivity index (χ1) is 12.2. The smallest absolute Gasteiger partial charge is 0.230 e. The van der Waals surface area contributed by atoms with E-state index in [-0.39, 0.29) is 11.7 Å². The van der Waals surface area contributed by atoms with E-state index in [2.05, 4.69) is 34.5 Å². The summed E-state index contributed by atoms with van der Waals surface area (Å²) in [7, 11) is 0. The number of fused-ring (bicyclic) bond motifs is 1. The number of hydrogen-bond donors (Lipinski definition) is 1. The van der Waals surface area contributed by atoms with E-state index in [1.54, 1.807) is 18.2 Å². The Kier molecular flexibility index (Phi) is 4.30. The number of hydrogen-bond acceptors (Lipinski definition) is 2. The predicted molar refractivity (Wildman–Crippen MR) is 95.5 cm³/mol. The molecule has 2 aromatic carbocycles. The third-order valence-electron chi connectivity index (χ3n) is 5.42. The van der Waals surface area contributed by atoms with Gasteiger partial charge in [-0.05, 0) is 36.5 Å². The first-order valence-electron chi connectivity index (χ1n) is 9.01. The van der Waals surface area contributed by atoms with Gasteiger partial charge < -0.3 is 5.32 Å². The number of halogens is 1. The van der Waals surface area contributed by atoms with Gasteiger partial charge in [0, 0.05) is 31.7 Å². The summed E-state index contributed by atoms with van der Waals surface area (Å²) in [5.41, 5.74) is 2.73. The Morgan fingerprint density at radius 1 is 1.04 bits per heavy atom. The monoisotopic (exact) mass is 338 g/mol. The van der Waals surface area contributed by atoms with Crippen LogP contribution in [-0.4, -0.2) is 23.9 Å². The van der Waals surface area contributed by atoms with Crippen molar-refractivity contribution in [1.29, 1.82) is 0 Å². The molecule has 4 heteroatoms. The molecule has 0 radical (unpaired) electrons. The van der Waals surface area contributed by atoms with Crippen LogP contribution in [0.4, 0.5) is 4.39 Å². The van der Waals surface area contributed by atoms with E-state index in [0.717, 1.165) is 38.9 Å². The summed E-state index contributed by atoms with van der Waals surface area (Å²) in [5, 5.41) is 3.02. The molecule has 0 aromatic heterocycles. The van der Waals surface area contributed by atoms with Gasteiger partial charge in [-0.2, -0.15) is 0 Å². The van der Waals surface area contributed by atoms with E-state index in [0.29, 0.717) is 12.1 Å². The van der Waals surface area contributed by atoms with Crippen LogP contribution in [0.15, 0.2) is 48.5 Å². The van der Waals surface area contributed by atoms with Crippen LogP contribution in [0.1, 0.15) is 36.0 Å². The average molecular weight is 338 g/mol. The Bertz CT molecular complexity index is 760. The van der Waals surface area contributed by atoms with Crippen LogP contribution in [0.2, 0.25) is 0 Å². The minimum atomic E-state index is -0.630. The molecule has 1 saturated carbocycles. The fourth-order valence-electron chi connectivity index (χ4n) is 3.83. The van der Waals surface area contributed by atoms with Crippen LogP contribution in [-0.2, 0) is 23.3 Å². The third-order valence-corrected chi connectivity index (χ3v) is 5.42. The Morgan fingerprint density at radius 3 is 2.32 bits per heavy atom. The normalized spacial score (nSPS) is 18.0. The molecule has 25 heavy (non-hydrogen) atoms. The summed E-state index contributed by atoms with van der Waals surface area (Å²) < 4.78 is 14.0. The molecule has 1 N–H and O–H groups in total. The van der Waals surface area contributed by atoms with E-state index in [1.807, 2.05) is 0 Å². The summed E-state index contributed by atoms with van der Waals surface area (Å²) in [6.45, 7) is 3.58. The molecule has 0 atom stereocenters. The third kappa shape index (κ3) is 3.19. The van der Waals surface area contributed by atoms with Gasteiger partial charge in [-0.1, -0.05) is 42.5 Å². The zero-order valence-electron chi connectivity index (χ0n) is 14.3. The highest BCUT2D eigenvalue weighted by Gasteiger charge is 2.52. The van der Waals surface area contributed by atoms with E-state index < -0.39 is 5.41 Å². The van der Waals surface area contributed by atoms with Gasteiger partial charge in [-0.3, -0.25) is 9.69 Å². The molecule has 2 aliphatic rings. The number of nitrogens with zero attached hydrogens (tertiary/aromatic N) is 1. The van der Waals surface area contributed by atoms with Gasteiger partial charge >= 0.3 is 0 Å². The highest BCUT2D eigenvalue weighted by Crippen LogP contribution is 2.49. The number of rotatable bonds is 6. The highest BCUT2D eigenvalue weighted by atomic mass is 19.1. The molecule has 1 amide bonds.